The van der Waals surface area contributed by atoms with Crippen LogP contribution in [0.4, 0.5) is 0 Å². The highest BCUT2D eigenvalue weighted by Crippen LogP contribution is 2.13. The molecule has 0 saturated carbocycles. The highest BCUT2D eigenvalue weighted by molar-refractivity contribution is 5.82. The summed E-state index contributed by atoms with van der Waals surface area (Å²) in [7, 11) is 0. The number of hydroxylamine groups is 2. The molecular formula is C9H15NO6. The summed E-state index contributed by atoms with van der Waals surface area (Å²) in [6, 6.07) is 0. The zero-order chi connectivity index (χ0) is 12.7. The summed E-state index contributed by atoms with van der Waals surface area (Å²) in [5.74, 6) is -4.15. The van der Waals surface area contributed by atoms with Crippen molar-refractivity contribution in [3.05, 3.63) is 0 Å². The first-order chi connectivity index (χ1) is 7.38. The third kappa shape index (κ3) is 5.30. The number of carboxylic acid groups (broad SMARTS) is 2. The van der Waals surface area contributed by atoms with Crippen LogP contribution in [-0.2, 0) is 14.4 Å². The fourth-order valence-corrected chi connectivity index (χ4v) is 1.10. The van der Waals surface area contributed by atoms with E-state index in [1.54, 1.807) is 0 Å². The molecule has 3 N–H and O–H groups in total. The third-order valence-electron chi connectivity index (χ3n) is 2.06. The molecule has 0 heterocycles. The van der Waals surface area contributed by atoms with Gasteiger partial charge in [0.15, 0.2) is 0 Å². The van der Waals surface area contributed by atoms with E-state index in [-0.39, 0.29) is 19.4 Å². The van der Waals surface area contributed by atoms with Gasteiger partial charge in [0.1, 0.15) is 0 Å². The number of hydrogen-bond acceptors (Lipinski definition) is 4. The Bertz CT molecular complexity index is 277. The van der Waals surface area contributed by atoms with Gasteiger partial charge in [-0.15, -0.1) is 0 Å². The van der Waals surface area contributed by atoms with Gasteiger partial charge in [-0.3, -0.25) is 19.6 Å². The standard InChI is InChI=1S/C9H15NO6/c1-2-10(16)7(11)5-6(9(14)15)3-4-8(12)13/h6,16H,2-5H2,1H3,(H,12,13)(H,14,15). The van der Waals surface area contributed by atoms with Crippen molar-refractivity contribution in [2.45, 2.75) is 26.2 Å². The zero-order valence-electron chi connectivity index (χ0n) is 8.92. The van der Waals surface area contributed by atoms with Gasteiger partial charge < -0.3 is 10.2 Å². The second-order valence-electron chi connectivity index (χ2n) is 3.28. The normalized spacial score (nSPS) is 11.9. The molecule has 0 fully saturated rings. The molecule has 0 rings (SSSR count). The fraction of sp³-hybridized carbons (Fsp3) is 0.667. The maximum absolute atomic E-state index is 11.2. The Hall–Kier alpha value is -1.63. The molecule has 16 heavy (non-hydrogen) atoms. The van der Waals surface area contributed by atoms with Crippen LogP contribution in [0.2, 0.25) is 0 Å². The molecule has 0 aliphatic heterocycles. The van der Waals surface area contributed by atoms with E-state index < -0.39 is 30.2 Å². The quantitative estimate of drug-likeness (QED) is 0.426. The van der Waals surface area contributed by atoms with Gasteiger partial charge >= 0.3 is 11.9 Å². The first-order valence-electron chi connectivity index (χ1n) is 4.82. The molecule has 0 aliphatic carbocycles. The van der Waals surface area contributed by atoms with Gasteiger partial charge in [0.2, 0.25) is 5.91 Å². The van der Waals surface area contributed by atoms with Crippen molar-refractivity contribution < 1.29 is 29.8 Å². The van der Waals surface area contributed by atoms with Gasteiger partial charge in [-0.05, 0) is 13.3 Å². The summed E-state index contributed by atoms with van der Waals surface area (Å²) in [4.78, 5) is 32.2. The number of amides is 1. The lowest BCUT2D eigenvalue weighted by atomic mass is 9.99. The molecule has 1 atom stereocenters. The molecule has 0 bridgehead atoms. The van der Waals surface area contributed by atoms with Gasteiger partial charge in [0, 0.05) is 19.4 Å². The van der Waals surface area contributed by atoms with Crippen LogP contribution in [0.15, 0.2) is 0 Å². The van der Waals surface area contributed by atoms with Gasteiger partial charge in [0.05, 0.1) is 5.92 Å². The number of aliphatic carboxylic acids is 2. The highest BCUT2D eigenvalue weighted by Gasteiger charge is 2.24. The Balaban J connectivity index is 4.28. The first-order valence-corrected chi connectivity index (χ1v) is 4.82. The highest BCUT2D eigenvalue weighted by atomic mass is 16.5. The SMILES string of the molecule is CCN(O)C(=O)CC(CCC(=O)O)C(=O)O. The molecule has 0 aromatic heterocycles. The summed E-state index contributed by atoms with van der Waals surface area (Å²) in [6.07, 6.45) is -0.845. The topological polar surface area (TPSA) is 115 Å². The number of carboxylic acids is 2. The lowest BCUT2D eigenvalue weighted by Gasteiger charge is -2.15. The molecule has 0 aliphatic rings. The Kier molecular flexibility index (Phi) is 6.09. The predicted octanol–water partition coefficient (Wildman–Crippen LogP) is 0.180. The Labute approximate surface area is 92.2 Å². The molecule has 1 unspecified atom stereocenters. The largest absolute Gasteiger partial charge is 0.481 e. The average Bonchev–Trinajstić information content (AvgIpc) is 2.21. The lowest BCUT2D eigenvalue weighted by Crippen LogP contribution is -2.31. The van der Waals surface area contributed by atoms with Crippen LogP contribution in [0.5, 0.6) is 0 Å². The van der Waals surface area contributed by atoms with E-state index in [1.807, 2.05) is 0 Å². The lowest BCUT2D eigenvalue weighted by molar-refractivity contribution is -0.167. The molecule has 0 spiro atoms. The molecule has 0 saturated heterocycles. The van der Waals surface area contributed by atoms with E-state index in [4.69, 9.17) is 15.4 Å². The van der Waals surface area contributed by atoms with Crippen LogP contribution in [0.25, 0.3) is 0 Å². The summed E-state index contributed by atoms with van der Waals surface area (Å²) < 4.78 is 0. The maximum Gasteiger partial charge on any atom is 0.307 e. The van der Waals surface area contributed by atoms with Gasteiger partial charge in [-0.2, -0.15) is 0 Å². The van der Waals surface area contributed by atoms with E-state index in [1.165, 1.54) is 6.92 Å². The third-order valence-corrected chi connectivity index (χ3v) is 2.06. The predicted molar refractivity (Wildman–Crippen MR) is 51.8 cm³/mol. The Morgan fingerprint density at radius 3 is 2.19 bits per heavy atom. The van der Waals surface area contributed by atoms with E-state index in [2.05, 4.69) is 0 Å². The second-order valence-corrected chi connectivity index (χ2v) is 3.28. The zero-order valence-corrected chi connectivity index (χ0v) is 8.92. The second kappa shape index (κ2) is 6.78. The molecule has 1 amide bonds. The van der Waals surface area contributed by atoms with Gasteiger partial charge in [0.25, 0.3) is 0 Å². The maximum atomic E-state index is 11.2. The van der Waals surface area contributed by atoms with Crippen LogP contribution in [0, 0.1) is 5.92 Å². The van der Waals surface area contributed by atoms with E-state index in [9.17, 15) is 14.4 Å². The number of carbonyl (C=O) groups excluding carboxylic acids is 1. The first kappa shape index (κ1) is 14.4. The van der Waals surface area contributed by atoms with Gasteiger partial charge in [-0.1, -0.05) is 0 Å². The smallest absolute Gasteiger partial charge is 0.307 e. The minimum absolute atomic E-state index is 0.0596. The van der Waals surface area contributed by atoms with Crippen molar-refractivity contribution in [1.82, 2.24) is 5.06 Å². The molecule has 0 radical (unpaired) electrons. The van der Waals surface area contributed by atoms with Crippen LogP contribution in [0.3, 0.4) is 0 Å². The summed E-state index contributed by atoms with van der Waals surface area (Å²) in [5.41, 5.74) is 0. The van der Waals surface area contributed by atoms with Crippen molar-refractivity contribution in [1.29, 1.82) is 0 Å². The average molecular weight is 233 g/mol. The minimum Gasteiger partial charge on any atom is -0.481 e. The van der Waals surface area contributed by atoms with Crippen molar-refractivity contribution >= 4 is 17.8 Å². The van der Waals surface area contributed by atoms with E-state index in [0.29, 0.717) is 5.06 Å². The van der Waals surface area contributed by atoms with Crippen LogP contribution in [0.1, 0.15) is 26.2 Å². The fourth-order valence-electron chi connectivity index (χ4n) is 1.10. The Morgan fingerprint density at radius 2 is 1.81 bits per heavy atom. The van der Waals surface area contributed by atoms with E-state index >= 15 is 0 Å². The van der Waals surface area contributed by atoms with Crippen molar-refractivity contribution in [2.75, 3.05) is 6.54 Å². The molecule has 7 heteroatoms. The van der Waals surface area contributed by atoms with Gasteiger partial charge in [-0.25, -0.2) is 5.06 Å². The monoisotopic (exact) mass is 233 g/mol. The van der Waals surface area contributed by atoms with E-state index in [0.717, 1.165) is 0 Å². The summed E-state index contributed by atoms with van der Waals surface area (Å²) in [6.45, 7) is 1.59. The minimum atomic E-state index is -1.24. The molecule has 7 nitrogen and oxygen atoms in total. The number of nitrogens with zero attached hydrogens (tertiary/aromatic N) is 1. The van der Waals surface area contributed by atoms with Crippen LogP contribution in [-0.4, -0.2) is 44.9 Å². The number of hydrogen-bond donors (Lipinski definition) is 3. The van der Waals surface area contributed by atoms with Crippen molar-refractivity contribution in [2.24, 2.45) is 5.92 Å². The van der Waals surface area contributed by atoms with Crippen molar-refractivity contribution in [3.8, 4) is 0 Å². The van der Waals surface area contributed by atoms with Crippen LogP contribution < -0.4 is 0 Å². The molecule has 0 aromatic carbocycles. The number of carbonyl (C=O) groups is 3. The summed E-state index contributed by atoms with van der Waals surface area (Å²) >= 11 is 0. The molecule has 92 valence electrons. The Morgan fingerprint density at radius 1 is 1.25 bits per heavy atom. The van der Waals surface area contributed by atoms with Crippen molar-refractivity contribution in [3.63, 3.8) is 0 Å². The van der Waals surface area contributed by atoms with Crippen LogP contribution >= 0.6 is 0 Å². The number of rotatable bonds is 7. The summed E-state index contributed by atoms with van der Waals surface area (Å²) in [5, 5.41) is 26.6. The molecule has 0 aromatic rings. The molecular weight excluding hydrogens is 218 g/mol.